The van der Waals surface area contributed by atoms with Gasteiger partial charge in [-0.1, -0.05) is 30.3 Å². The lowest BCUT2D eigenvalue weighted by atomic mass is 10.1. The number of carboxylic acid groups (broad SMARTS) is 1. The molecule has 0 saturated carbocycles. The van der Waals surface area contributed by atoms with Gasteiger partial charge in [0, 0.05) is 0 Å². The number of benzene rings is 2. The number of hydrogen-bond acceptors (Lipinski definition) is 3. The lowest BCUT2D eigenvalue weighted by molar-refractivity contribution is 0.0695. The van der Waals surface area contributed by atoms with Gasteiger partial charge >= 0.3 is 11.7 Å². The molecule has 0 unspecified atom stereocenters. The Balaban J connectivity index is 2.13. The maximum Gasteiger partial charge on any atom is 0.420 e. The van der Waals surface area contributed by atoms with Crippen LogP contribution in [0.1, 0.15) is 15.9 Å². The minimum absolute atomic E-state index is 0.165. The zero-order valence-electron chi connectivity index (χ0n) is 10.4. The highest BCUT2D eigenvalue weighted by atomic mass is 16.4. The Hall–Kier alpha value is -2.82. The van der Waals surface area contributed by atoms with Crippen molar-refractivity contribution in [3.63, 3.8) is 0 Å². The molecule has 5 heteroatoms. The Labute approximate surface area is 113 Å². The summed E-state index contributed by atoms with van der Waals surface area (Å²) in [4.78, 5) is 23.1. The molecule has 1 N–H and O–H groups in total. The first-order valence-electron chi connectivity index (χ1n) is 6.06. The van der Waals surface area contributed by atoms with Gasteiger partial charge in [0.15, 0.2) is 5.58 Å². The Bertz CT molecular complexity index is 844. The predicted molar refractivity (Wildman–Crippen MR) is 73.0 cm³/mol. The molecule has 2 aromatic carbocycles. The predicted octanol–water partition coefficient (Wildman–Crippen LogP) is 2.34. The summed E-state index contributed by atoms with van der Waals surface area (Å²) in [5, 5.41) is 9.17. The fourth-order valence-corrected chi connectivity index (χ4v) is 2.20. The van der Waals surface area contributed by atoms with E-state index in [9.17, 15) is 9.59 Å². The lowest BCUT2D eigenvalue weighted by Gasteiger charge is -2.06. The molecule has 3 rings (SSSR count). The molecule has 0 aliphatic heterocycles. The molecule has 0 atom stereocenters. The first kappa shape index (κ1) is 12.2. The number of oxazole rings is 1. The maximum atomic E-state index is 11.9. The molecule has 0 spiro atoms. The van der Waals surface area contributed by atoms with E-state index in [0.717, 1.165) is 0 Å². The van der Waals surface area contributed by atoms with E-state index in [1.807, 2.05) is 0 Å². The van der Waals surface area contributed by atoms with Crippen molar-refractivity contribution in [1.29, 1.82) is 0 Å². The summed E-state index contributed by atoms with van der Waals surface area (Å²) in [7, 11) is 0. The fraction of sp³-hybridized carbons (Fsp3) is 0.0667. The molecular weight excluding hydrogens is 258 g/mol. The van der Waals surface area contributed by atoms with Crippen molar-refractivity contribution in [2.24, 2.45) is 0 Å². The van der Waals surface area contributed by atoms with Gasteiger partial charge < -0.3 is 9.52 Å². The van der Waals surface area contributed by atoms with Crippen LogP contribution in [-0.4, -0.2) is 15.6 Å². The molecule has 0 aliphatic carbocycles. The van der Waals surface area contributed by atoms with E-state index < -0.39 is 11.7 Å². The minimum Gasteiger partial charge on any atom is -0.478 e. The van der Waals surface area contributed by atoms with Gasteiger partial charge in [-0.05, 0) is 23.8 Å². The highest BCUT2D eigenvalue weighted by molar-refractivity contribution is 5.89. The number of aromatic carboxylic acids is 1. The van der Waals surface area contributed by atoms with E-state index in [0.29, 0.717) is 16.7 Å². The van der Waals surface area contributed by atoms with Crippen molar-refractivity contribution in [3.05, 3.63) is 70.2 Å². The van der Waals surface area contributed by atoms with Gasteiger partial charge in [-0.2, -0.15) is 0 Å². The van der Waals surface area contributed by atoms with Gasteiger partial charge in [0.1, 0.15) is 0 Å². The highest BCUT2D eigenvalue weighted by Crippen LogP contribution is 2.16. The number of para-hydroxylation sites is 2. The van der Waals surface area contributed by atoms with Crippen molar-refractivity contribution in [3.8, 4) is 0 Å². The first-order chi connectivity index (χ1) is 9.66. The van der Waals surface area contributed by atoms with Gasteiger partial charge in [-0.3, -0.25) is 4.57 Å². The summed E-state index contributed by atoms with van der Waals surface area (Å²) in [6.45, 7) is 0.165. The molecule has 0 fully saturated rings. The quantitative estimate of drug-likeness (QED) is 0.792. The molecule has 20 heavy (non-hydrogen) atoms. The van der Waals surface area contributed by atoms with Gasteiger partial charge in [0.25, 0.3) is 0 Å². The summed E-state index contributed by atoms with van der Waals surface area (Å²) in [5.41, 5.74) is 1.89. The zero-order chi connectivity index (χ0) is 14.1. The third-order valence-corrected chi connectivity index (χ3v) is 3.15. The van der Waals surface area contributed by atoms with Crippen LogP contribution in [0.25, 0.3) is 11.1 Å². The molecule has 3 aromatic rings. The number of aromatic nitrogens is 1. The van der Waals surface area contributed by atoms with Crippen LogP contribution in [0.15, 0.2) is 57.7 Å². The Kier molecular flexibility index (Phi) is 2.87. The van der Waals surface area contributed by atoms with Gasteiger partial charge in [-0.15, -0.1) is 0 Å². The fourth-order valence-electron chi connectivity index (χ4n) is 2.20. The van der Waals surface area contributed by atoms with E-state index in [1.165, 1.54) is 10.6 Å². The molecule has 1 aromatic heterocycles. The van der Waals surface area contributed by atoms with Gasteiger partial charge in [0.2, 0.25) is 0 Å². The number of rotatable bonds is 3. The third-order valence-electron chi connectivity index (χ3n) is 3.15. The van der Waals surface area contributed by atoms with E-state index in [2.05, 4.69) is 0 Å². The molecule has 0 bridgehead atoms. The van der Waals surface area contributed by atoms with Crippen LogP contribution in [0.4, 0.5) is 0 Å². The second-order valence-corrected chi connectivity index (χ2v) is 4.38. The number of carboxylic acids is 1. The molecule has 5 nitrogen and oxygen atoms in total. The second kappa shape index (κ2) is 4.70. The van der Waals surface area contributed by atoms with Crippen LogP contribution < -0.4 is 5.76 Å². The Morgan fingerprint density at radius 1 is 1.10 bits per heavy atom. The van der Waals surface area contributed by atoms with Crippen molar-refractivity contribution >= 4 is 17.1 Å². The number of nitrogens with zero attached hydrogens (tertiary/aromatic N) is 1. The number of hydrogen-bond donors (Lipinski definition) is 1. The van der Waals surface area contributed by atoms with E-state index in [4.69, 9.17) is 9.52 Å². The van der Waals surface area contributed by atoms with Crippen LogP contribution in [0.5, 0.6) is 0 Å². The first-order valence-corrected chi connectivity index (χ1v) is 6.06. The number of carbonyl (C=O) groups is 1. The van der Waals surface area contributed by atoms with E-state index in [-0.39, 0.29) is 12.1 Å². The Morgan fingerprint density at radius 2 is 1.80 bits per heavy atom. The molecule has 0 amide bonds. The molecule has 1 heterocycles. The summed E-state index contributed by atoms with van der Waals surface area (Å²) >= 11 is 0. The van der Waals surface area contributed by atoms with Gasteiger partial charge in [0.05, 0.1) is 17.6 Å². The smallest absolute Gasteiger partial charge is 0.420 e. The largest absolute Gasteiger partial charge is 0.478 e. The highest BCUT2D eigenvalue weighted by Gasteiger charge is 2.13. The average Bonchev–Trinajstić information content (AvgIpc) is 2.76. The van der Waals surface area contributed by atoms with Crippen molar-refractivity contribution in [1.82, 2.24) is 4.57 Å². The summed E-state index contributed by atoms with van der Waals surface area (Å²) < 4.78 is 6.56. The van der Waals surface area contributed by atoms with Crippen molar-refractivity contribution < 1.29 is 14.3 Å². The molecular formula is C15H11NO4. The SMILES string of the molecule is O=C(O)c1ccccc1Cn1c(=O)oc2ccccc21. The molecule has 0 aliphatic rings. The van der Waals surface area contributed by atoms with Gasteiger partial charge in [-0.25, -0.2) is 9.59 Å². The van der Waals surface area contributed by atoms with Crippen molar-refractivity contribution in [2.45, 2.75) is 6.54 Å². The summed E-state index contributed by atoms with van der Waals surface area (Å²) in [5.74, 6) is -1.51. The lowest BCUT2D eigenvalue weighted by Crippen LogP contribution is -2.16. The molecule has 0 saturated heterocycles. The summed E-state index contributed by atoms with van der Waals surface area (Å²) in [6, 6.07) is 13.7. The van der Waals surface area contributed by atoms with E-state index >= 15 is 0 Å². The normalized spacial score (nSPS) is 10.8. The third kappa shape index (κ3) is 1.99. The summed E-state index contributed by atoms with van der Waals surface area (Å²) in [6.07, 6.45) is 0. The number of fused-ring (bicyclic) bond motifs is 1. The molecule has 100 valence electrons. The van der Waals surface area contributed by atoms with Crippen LogP contribution in [0, 0.1) is 0 Å². The topological polar surface area (TPSA) is 72.4 Å². The average molecular weight is 269 g/mol. The maximum absolute atomic E-state index is 11.9. The van der Waals surface area contributed by atoms with E-state index in [1.54, 1.807) is 42.5 Å². The van der Waals surface area contributed by atoms with Crippen LogP contribution in [-0.2, 0) is 6.54 Å². The molecule has 0 radical (unpaired) electrons. The van der Waals surface area contributed by atoms with Crippen LogP contribution in [0.3, 0.4) is 0 Å². The van der Waals surface area contributed by atoms with Crippen molar-refractivity contribution in [2.75, 3.05) is 0 Å². The standard InChI is InChI=1S/C15H11NO4/c17-14(18)11-6-2-1-5-10(11)9-16-12-7-3-4-8-13(12)20-15(16)19/h1-8H,9H2,(H,17,18). The monoisotopic (exact) mass is 269 g/mol. The van der Waals surface area contributed by atoms with Crippen LogP contribution >= 0.6 is 0 Å². The second-order valence-electron chi connectivity index (χ2n) is 4.38. The van der Waals surface area contributed by atoms with Crippen LogP contribution in [0.2, 0.25) is 0 Å². The minimum atomic E-state index is -1.01. The Morgan fingerprint density at radius 3 is 2.60 bits per heavy atom. The zero-order valence-corrected chi connectivity index (χ0v) is 10.4.